The average molecular weight is 326 g/mol. The Morgan fingerprint density at radius 2 is 2.17 bits per heavy atom. The van der Waals surface area contributed by atoms with Crippen molar-refractivity contribution in [2.45, 2.75) is 51.5 Å². The first-order chi connectivity index (χ1) is 11.2. The zero-order valence-corrected chi connectivity index (χ0v) is 14.6. The van der Waals surface area contributed by atoms with Crippen molar-refractivity contribution < 1.29 is 19.0 Å². The number of carbonyl (C=O) groups is 1. The molecule has 6 nitrogen and oxygen atoms in total. The second-order valence-corrected chi connectivity index (χ2v) is 6.56. The molecule has 0 spiro atoms. The Morgan fingerprint density at radius 1 is 1.35 bits per heavy atom. The molecule has 0 saturated carbocycles. The number of esters is 1. The van der Waals surface area contributed by atoms with E-state index in [1.807, 2.05) is 0 Å². The standard InChI is InChI=1S/C17H30N2O4/c1-13(11-16(20)22-3)15-8-4-5-10-23-17(15)18-19-9-6-7-14(19)12-21-2/h13-15H,4-12H2,1-3H3/b18-17-/t13-,14-,15-/m0/s1. The van der Waals surface area contributed by atoms with Crippen LogP contribution in [0.25, 0.3) is 0 Å². The number of rotatable bonds is 6. The van der Waals surface area contributed by atoms with Crippen LogP contribution < -0.4 is 0 Å². The first kappa shape index (κ1) is 18.0. The molecule has 0 N–H and O–H groups in total. The Kier molecular flexibility index (Phi) is 7.15. The van der Waals surface area contributed by atoms with Gasteiger partial charge < -0.3 is 14.2 Å². The third-order valence-corrected chi connectivity index (χ3v) is 4.81. The molecule has 0 aromatic rings. The predicted octanol–water partition coefficient (Wildman–Crippen LogP) is 2.43. The molecule has 0 unspecified atom stereocenters. The summed E-state index contributed by atoms with van der Waals surface area (Å²) in [5.74, 6) is 0.976. The number of methoxy groups -OCH3 is 2. The summed E-state index contributed by atoms with van der Waals surface area (Å²) in [4.78, 5) is 11.6. The van der Waals surface area contributed by atoms with Crippen LogP contribution in [0, 0.1) is 11.8 Å². The maximum Gasteiger partial charge on any atom is 0.305 e. The zero-order valence-electron chi connectivity index (χ0n) is 14.6. The molecule has 6 heteroatoms. The van der Waals surface area contributed by atoms with E-state index < -0.39 is 0 Å². The summed E-state index contributed by atoms with van der Waals surface area (Å²) < 4.78 is 16.1. The molecular weight excluding hydrogens is 296 g/mol. The quantitative estimate of drug-likeness (QED) is 0.702. The van der Waals surface area contributed by atoms with E-state index in [0.29, 0.717) is 25.7 Å². The largest absolute Gasteiger partial charge is 0.480 e. The molecule has 0 radical (unpaired) electrons. The lowest BCUT2D eigenvalue weighted by molar-refractivity contribution is -0.141. The fourth-order valence-electron chi connectivity index (χ4n) is 3.43. The Morgan fingerprint density at radius 3 is 2.91 bits per heavy atom. The van der Waals surface area contributed by atoms with E-state index in [0.717, 1.165) is 44.5 Å². The smallest absolute Gasteiger partial charge is 0.305 e. The van der Waals surface area contributed by atoms with Gasteiger partial charge in [-0.3, -0.25) is 9.80 Å². The lowest BCUT2D eigenvalue weighted by atomic mass is 9.87. The van der Waals surface area contributed by atoms with Crippen LogP contribution in [-0.2, 0) is 19.0 Å². The Bertz CT molecular complexity index is 413. The van der Waals surface area contributed by atoms with Crippen LogP contribution in [0.5, 0.6) is 0 Å². The summed E-state index contributed by atoms with van der Waals surface area (Å²) in [6.07, 6.45) is 5.81. The van der Waals surface area contributed by atoms with Gasteiger partial charge in [-0.25, -0.2) is 0 Å². The van der Waals surface area contributed by atoms with Crippen molar-refractivity contribution >= 4 is 11.9 Å². The van der Waals surface area contributed by atoms with Crippen LogP contribution in [0.15, 0.2) is 5.10 Å². The van der Waals surface area contributed by atoms with Gasteiger partial charge in [0, 0.05) is 26.0 Å². The second-order valence-electron chi connectivity index (χ2n) is 6.56. The molecular formula is C17H30N2O4. The highest BCUT2D eigenvalue weighted by atomic mass is 16.5. The van der Waals surface area contributed by atoms with E-state index in [9.17, 15) is 4.79 Å². The van der Waals surface area contributed by atoms with Crippen molar-refractivity contribution in [3.8, 4) is 0 Å². The monoisotopic (exact) mass is 326 g/mol. The van der Waals surface area contributed by atoms with Crippen LogP contribution in [0.4, 0.5) is 0 Å². The first-order valence-electron chi connectivity index (χ1n) is 8.69. The zero-order chi connectivity index (χ0) is 16.7. The molecule has 2 fully saturated rings. The van der Waals surface area contributed by atoms with Gasteiger partial charge in [-0.2, -0.15) is 0 Å². The van der Waals surface area contributed by atoms with E-state index in [1.54, 1.807) is 7.11 Å². The predicted molar refractivity (Wildman–Crippen MR) is 88.1 cm³/mol. The topological polar surface area (TPSA) is 60.4 Å². The van der Waals surface area contributed by atoms with Crippen LogP contribution in [0.1, 0.15) is 45.4 Å². The van der Waals surface area contributed by atoms with Gasteiger partial charge in [0.1, 0.15) is 0 Å². The van der Waals surface area contributed by atoms with Gasteiger partial charge in [-0.1, -0.05) is 6.92 Å². The Hall–Kier alpha value is -1.30. The van der Waals surface area contributed by atoms with Gasteiger partial charge in [0.05, 0.1) is 26.4 Å². The number of hydrogen-bond donors (Lipinski definition) is 0. The SMILES string of the molecule is COC[C@@H]1CCCN1/N=C1\OCCCC[C@H]1[C@@H](C)CC(=O)OC. The number of nitrogens with zero attached hydrogens (tertiary/aromatic N) is 2. The van der Waals surface area contributed by atoms with E-state index in [4.69, 9.17) is 19.3 Å². The number of hydrazone groups is 1. The summed E-state index contributed by atoms with van der Waals surface area (Å²) >= 11 is 0. The third-order valence-electron chi connectivity index (χ3n) is 4.81. The maximum absolute atomic E-state index is 11.6. The molecule has 0 aliphatic carbocycles. The summed E-state index contributed by atoms with van der Waals surface area (Å²) in [5, 5.41) is 6.94. The van der Waals surface area contributed by atoms with Crippen molar-refractivity contribution in [2.24, 2.45) is 16.9 Å². The van der Waals surface area contributed by atoms with Crippen LogP contribution in [0.3, 0.4) is 0 Å². The summed E-state index contributed by atoms with van der Waals surface area (Å²) in [6.45, 7) is 4.43. The lowest BCUT2D eigenvalue weighted by Gasteiger charge is -2.26. The van der Waals surface area contributed by atoms with Gasteiger partial charge in [-0.15, -0.1) is 5.10 Å². The average Bonchev–Trinajstić information content (AvgIpc) is 2.83. The van der Waals surface area contributed by atoms with E-state index >= 15 is 0 Å². The van der Waals surface area contributed by atoms with Crippen molar-refractivity contribution in [2.75, 3.05) is 34.0 Å². The van der Waals surface area contributed by atoms with Crippen LogP contribution >= 0.6 is 0 Å². The molecule has 0 amide bonds. The van der Waals surface area contributed by atoms with Gasteiger partial charge in [-0.05, 0) is 38.0 Å². The van der Waals surface area contributed by atoms with E-state index in [2.05, 4.69) is 11.9 Å². The van der Waals surface area contributed by atoms with E-state index in [-0.39, 0.29) is 17.8 Å². The van der Waals surface area contributed by atoms with Gasteiger partial charge >= 0.3 is 5.97 Å². The normalized spacial score (nSPS) is 28.3. The van der Waals surface area contributed by atoms with Crippen molar-refractivity contribution in [3.05, 3.63) is 0 Å². The number of ether oxygens (including phenoxy) is 3. The molecule has 0 bridgehead atoms. The number of hydrogen-bond acceptors (Lipinski definition) is 6. The molecule has 3 atom stereocenters. The molecule has 2 saturated heterocycles. The minimum Gasteiger partial charge on any atom is -0.480 e. The first-order valence-corrected chi connectivity index (χ1v) is 8.69. The van der Waals surface area contributed by atoms with Crippen LogP contribution in [-0.4, -0.2) is 56.9 Å². The summed E-state index contributed by atoms with van der Waals surface area (Å²) in [5.41, 5.74) is 0. The highest BCUT2D eigenvalue weighted by Crippen LogP contribution is 2.28. The summed E-state index contributed by atoms with van der Waals surface area (Å²) in [6, 6.07) is 0.330. The fraction of sp³-hybridized carbons (Fsp3) is 0.882. The van der Waals surface area contributed by atoms with Gasteiger partial charge in [0.2, 0.25) is 5.90 Å². The van der Waals surface area contributed by atoms with E-state index in [1.165, 1.54) is 7.11 Å². The maximum atomic E-state index is 11.6. The van der Waals surface area contributed by atoms with Crippen LogP contribution in [0.2, 0.25) is 0 Å². The molecule has 23 heavy (non-hydrogen) atoms. The molecule has 2 heterocycles. The summed E-state index contributed by atoms with van der Waals surface area (Å²) in [7, 11) is 3.17. The molecule has 2 rings (SSSR count). The minimum atomic E-state index is -0.167. The lowest BCUT2D eigenvalue weighted by Crippen LogP contribution is -2.33. The van der Waals surface area contributed by atoms with Crippen molar-refractivity contribution in [1.82, 2.24) is 5.01 Å². The highest BCUT2D eigenvalue weighted by molar-refractivity contribution is 5.80. The third kappa shape index (κ3) is 5.09. The minimum absolute atomic E-state index is 0.167. The Balaban J connectivity index is 2.10. The molecule has 132 valence electrons. The van der Waals surface area contributed by atoms with Gasteiger partial charge in [0.15, 0.2) is 0 Å². The molecule has 2 aliphatic rings. The second kappa shape index (κ2) is 9.11. The molecule has 0 aromatic heterocycles. The van der Waals surface area contributed by atoms with Crippen molar-refractivity contribution in [1.29, 1.82) is 0 Å². The fourth-order valence-corrected chi connectivity index (χ4v) is 3.43. The molecule has 2 aliphatic heterocycles. The Labute approximate surface area is 139 Å². The molecule has 0 aromatic carbocycles. The van der Waals surface area contributed by atoms with Crippen molar-refractivity contribution in [3.63, 3.8) is 0 Å². The van der Waals surface area contributed by atoms with Gasteiger partial charge in [0.25, 0.3) is 0 Å². The number of carbonyl (C=O) groups excluding carboxylic acids is 1. The highest BCUT2D eigenvalue weighted by Gasteiger charge is 2.31.